The van der Waals surface area contributed by atoms with Crippen molar-refractivity contribution in [3.63, 3.8) is 0 Å². The van der Waals surface area contributed by atoms with Gasteiger partial charge in [-0.2, -0.15) is 0 Å². The summed E-state index contributed by atoms with van der Waals surface area (Å²) in [6.07, 6.45) is 30.3. The Morgan fingerprint density at radius 2 is 0.652 bits per heavy atom. The van der Waals surface area contributed by atoms with Gasteiger partial charge in [-0.1, -0.05) is 129 Å². The highest BCUT2D eigenvalue weighted by atomic mass is 79.9. The molecular formula is C40H56Br2S4. The summed E-state index contributed by atoms with van der Waals surface area (Å²) in [5.41, 5.74) is 2.98. The van der Waals surface area contributed by atoms with E-state index in [-0.39, 0.29) is 0 Å². The van der Waals surface area contributed by atoms with Crippen LogP contribution in [0.25, 0.3) is 29.3 Å². The van der Waals surface area contributed by atoms with Crippen LogP contribution in [0, 0.1) is 0 Å². The Hall–Kier alpha value is -0.240. The zero-order valence-electron chi connectivity index (χ0n) is 28.4. The molecule has 254 valence electrons. The summed E-state index contributed by atoms with van der Waals surface area (Å²) < 4.78 is 2.65. The third kappa shape index (κ3) is 13.2. The smallest absolute Gasteiger partial charge is 0.0737 e. The van der Waals surface area contributed by atoms with Gasteiger partial charge in [0.05, 0.1) is 7.57 Å². The molecule has 4 rings (SSSR count). The van der Waals surface area contributed by atoms with E-state index >= 15 is 0 Å². The Morgan fingerprint density at radius 3 is 0.978 bits per heavy atom. The van der Waals surface area contributed by atoms with Gasteiger partial charge in [-0.3, -0.25) is 0 Å². The number of aryl methyl sites for hydroxylation is 2. The van der Waals surface area contributed by atoms with Crippen molar-refractivity contribution in [1.82, 2.24) is 0 Å². The largest absolute Gasteiger partial charge is 0.134 e. The van der Waals surface area contributed by atoms with Crippen LogP contribution in [0.2, 0.25) is 0 Å². The van der Waals surface area contributed by atoms with Crippen molar-refractivity contribution >= 4 is 77.2 Å². The maximum Gasteiger partial charge on any atom is 0.0737 e. The van der Waals surface area contributed by atoms with Gasteiger partial charge < -0.3 is 0 Å². The van der Waals surface area contributed by atoms with Crippen LogP contribution in [0.15, 0.2) is 44.0 Å². The Labute approximate surface area is 314 Å². The summed E-state index contributed by atoms with van der Waals surface area (Å²) in [7, 11) is 0. The Kier molecular flexibility index (Phi) is 18.8. The lowest BCUT2D eigenvalue weighted by molar-refractivity contribution is 0.556. The zero-order chi connectivity index (χ0) is 32.4. The first kappa shape index (κ1) is 38.6. The van der Waals surface area contributed by atoms with Gasteiger partial charge in [-0.05, 0) is 105 Å². The molecule has 0 bridgehead atoms. The van der Waals surface area contributed by atoms with Gasteiger partial charge >= 0.3 is 0 Å². The first-order chi connectivity index (χ1) is 22.6. The van der Waals surface area contributed by atoms with E-state index < -0.39 is 0 Å². The Bertz CT molecular complexity index is 1270. The summed E-state index contributed by atoms with van der Waals surface area (Å²) in [5, 5.41) is 0. The normalized spacial score (nSPS) is 11.7. The summed E-state index contributed by atoms with van der Waals surface area (Å²) in [6.45, 7) is 4.59. The summed E-state index contributed by atoms with van der Waals surface area (Å²) in [5.74, 6) is 0. The molecule has 0 aromatic carbocycles. The van der Waals surface area contributed by atoms with Crippen molar-refractivity contribution in [1.29, 1.82) is 0 Å². The first-order valence-electron chi connectivity index (χ1n) is 18.4. The van der Waals surface area contributed by atoms with Crippen LogP contribution in [0.4, 0.5) is 0 Å². The lowest BCUT2D eigenvalue weighted by Gasteiger charge is -2.02. The van der Waals surface area contributed by atoms with Crippen LogP contribution in [0.5, 0.6) is 0 Å². The van der Waals surface area contributed by atoms with Crippen LogP contribution >= 0.6 is 77.2 Å². The molecule has 0 aliphatic heterocycles. The second-order valence-corrected chi connectivity index (χ2v) is 19.9. The molecule has 0 aliphatic carbocycles. The third-order valence-corrected chi connectivity index (χ3v) is 15.7. The van der Waals surface area contributed by atoms with E-state index in [2.05, 4.69) is 82.1 Å². The van der Waals surface area contributed by atoms with E-state index in [0.717, 1.165) is 0 Å². The highest BCUT2D eigenvalue weighted by Gasteiger charge is 2.15. The molecule has 0 saturated heterocycles. The molecule has 4 aromatic rings. The fourth-order valence-electron chi connectivity index (χ4n) is 6.21. The van der Waals surface area contributed by atoms with Gasteiger partial charge in [-0.25, -0.2) is 0 Å². The topological polar surface area (TPSA) is 0 Å². The second kappa shape index (κ2) is 22.5. The summed E-state index contributed by atoms with van der Waals surface area (Å²) >= 11 is 15.5. The number of halogens is 2. The van der Waals surface area contributed by atoms with E-state index in [1.54, 1.807) is 0 Å². The van der Waals surface area contributed by atoms with Crippen molar-refractivity contribution in [2.75, 3.05) is 0 Å². The molecule has 0 spiro atoms. The maximum atomic E-state index is 3.89. The van der Waals surface area contributed by atoms with Crippen molar-refractivity contribution < 1.29 is 0 Å². The SMILES string of the molecule is CCCCCCCCCCCCc1cc(-c2ccc(-c3ccc(-c4cc(CCCCCCCCCCCC)c(Br)s4)s3)s2)sc1Br. The molecule has 46 heavy (non-hydrogen) atoms. The van der Waals surface area contributed by atoms with Gasteiger partial charge in [0.2, 0.25) is 0 Å². The number of unbranched alkanes of at least 4 members (excludes halogenated alkanes) is 18. The van der Waals surface area contributed by atoms with Gasteiger partial charge in [-0.15, -0.1) is 45.3 Å². The molecule has 0 aliphatic rings. The van der Waals surface area contributed by atoms with Gasteiger partial charge in [0, 0.05) is 29.3 Å². The standard InChI is InChI=1S/C40H56Br2S4/c1-3-5-7-9-11-13-15-17-19-21-23-31-29-37(45-39(31)41)35-27-25-33(43-35)34-26-28-36(44-34)38-30-32(40(42)46-38)24-22-20-18-16-14-12-10-8-6-4-2/h25-30H,3-24H2,1-2H3. The minimum atomic E-state index is 1.19. The molecular weight excluding hydrogens is 769 g/mol. The maximum absolute atomic E-state index is 3.89. The number of hydrogen-bond donors (Lipinski definition) is 0. The molecule has 6 heteroatoms. The molecule has 4 aromatic heterocycles. The van der Waals surface area contributed by atoms with E-state index in [0.29, 0.717) is 0 Å². The monoisotopic (exact) mass is 822 g/mol. The number of rotatable bonds is 25. The van der Waals surface area contributed by atoms with Gasteiger partial charge in [0.15, 0.2) is 0 Å². The van der Waals surface area contributed by atoms with Gasteiger partial charge in [0.1, 0.15) is 0 Å². The molecule has 4 heterocycles. The van der Waals surface area contributed by atoms with Crippen molar-refractivity contribution in [3.05, 3.63) is 55.1 Å². The predicted octanol–water partition coefficient (Wildman–Crippen LogP) is 17.4. The third-order valence-electron chi connectivity index (χ3n) is 9.05. The fraction of sp³-hybridized carbons (Fsp3) is 0.600. The average Bonchev–Trinajstić information content (AvgIpc) is 3.86. The zero-order valence-corrected chi connectivity index (χ0v) is 34.8. The molecule has 0 N–H and O–H groups in total. The first-order valence-corrected chi connectivity index (χ1v) is 23.2. The van der Waals surface area contributed by atoms with Gasteiger partial charge in [0.25, 0.3) is 0 Å². The molecule has 0 radical (unpaired) electrons. The van der Waals surface area contributed by atoms with E-state index in [1.807, 2.05) is 45.3 Å². The molecule has 0 saturated carbocycles. The fourth-order valence-corrected chi connectivity index (χ4v) is 12.0. The van der Waals surface area contributed by atoms with Crippen LogP contribution in [-0.2, 0) is 12.8 Å². The highest BCUT2D eigenvalue weighted by molar-refractivity contribution is 9.11. The van der Waals surface area contributed by atoms with Crippen molar-refractivity contribution in [3.8, 4) is 29.3 Å². The number of hydrogen-bond acceptors (Lipinski definition) is 4. The Balaban J connectivity index is 1.19. The van der Waals surface area contributed by atoms with Crippen molar-refractivity contribution in [2.45, 2.75) is 155 Å². The average molecular weight is 825 g/mol. The molecule has 0 atom stereocenters. The van der Waals surface area contributed by atoms with Crippen LogP contribution in [0.1, 0.15) is 153 Å². The second-order valence-electron chi connectivity index (χ2n) is 13.0. The summed E-state index contributed by atoms with van der Waals surface area (Å²) in [4.78, 5) is 8.35. The minimum Gasteiger partial charge on any atom is -0.134 e. The number of thiophene rings is 4. The lowest BCUT2D eigenvalue weighted by atomic mass is 10.0. The van der Waals surface area contributed by atoms with E-state index in [4.69, 9.17) is 0 Å². The predicted molar refractivity (Wildman–Crippen MR) is 221 cm³/mol. The molecule has 0 unspecified atom stereocenters. The van der Waals surface area contributed by atoms with E-state index in [1.165, 1.54) is 189 Å². The van der Waals surface area contributed by atoms with Crippen LogP contribution < -0.4 is 0 Å². The lowest BCUT2D eigenvalue weighted by Crippen LogP contribution is -1.85. The quantitative estimate of drug-likeness (QED) is 0.0584. The van der Waals surface area contributed by atoms with Crippen LogP contribution in [0.3, 0.4) is 0 Å². The highest BCUT2D eigenvalue weighted by Crippen LogP contribution is 2.45. The van der Waals surface area contributed by atoms with Crippen LogP contribution in [-0.4, -0.2) is 0 Å². The molecule has 0 fully saturated rings. The molecule has 0 amide bonds. The van der Waals surface area contributed by atoms with E-state index in [9.17, 15) is 0 Å². The Morgan fingerprint density at radius 1 is 0.370 bits per heavy atom. The minimum absolute atomic E-state index is 1.19. The summed E-state index contributed by atoms with van der Waals surface area (Å²) in [6, 6.07) is 14.2. The van der Waals surface area contributed by atoms with Crippen molar-refractivity contribution in [2.24, 2.45) is 0 Å². The molecule has 0 nitrogen and oxygen atoms in total.